The van der Waals surface area contributed by atoms with Crippen molar-refractivity contribution in [3.63, 3.8) is 0 Å². The van der Waals surface area contributed by atoms with Gasteiger partial charge in [-0.2, -0.15) is 0 Å². The number of aliphatic hydroxyl groups excluding tert-OH is 2. The van der Waals surface area contributed by atoms with Crippen LogP contribution in [0, 0.1) is 17.8 Å². The first-order valence-electron chi connectivity index (χ1n) is 5.52. The van der Waals surface area contributed by atoms with Crippen LogP contribution in [0.3, 0.4) is 0 Å². The van der Waals surface area contributed by atoms with Crippen molar-refractivity contribution in [3.8, 4) is 0 Å². The quantitative estimate of drug-likeness (QED) is 0.576. The highest BCUT2D eigenvalue weighted by atomic mass is 16.4. The zero-order valence-electron chi connectivity index (χ0n) is 10.1. The molecule has 0 aromatic heterocycles. The van der Waals surface area contributed by atoms with Gasteiger partial charge >= 0.3 is 5.97 Å². The summed E-state index contributed by atoms with van der Waals surface area (Å²) < 4.78 is 0. The zero-order valence-corrected chi connectivity index (χ0v) is 10.1. The molecular formula is C12H22O4. The second kappa shape index (κ2) is 6.66. The molecule has 0 radical (unpaired) electrons. The molecule has 0 spiro atoms. The van der Waals surface area contributed by atoms with Gasteiger partial charge in [0.1, 0.15) is 0 Å². The van der Waals surface area contributed by atoms with Crippen molar-refractivity contribution >= 4 is 5.97 Å². The molecule has 4 nitrogen and oxygen atoms in total. The van der Waals surface area contributed by atoms with Crippen molar-refractivity contribution < 1.29 is 20.1 Å². The molecule has 0 saturated heterocycles. The maximum absolute atomic E-state index is 10.7. The Bertz CT molecular complexity index is 239. The van der Waals surface area contributed by atoms with Crippen LogP contribution in [0.5, 0.6) is 0 Å². The van der Waals surface area contributed by atoms with Crippen LogP contribution >= 0.6 is 0 Å². The van der Waals surface area contributed by atoms with Crippen LogP contribution in [0.15, 0.2) is 12.7 Å². The fraction of sp³-hybridized carbons (Fsp3) is 0.750. The molecule has 94 valence electrons. The van der Waals surface area contributed by atoms with Gasteiger partial charge in [-0.15, -0.1) is 6.58 Å². The summed E-state index contributed by atoms with van der Waals surface area (Å²) in [4.78, 5) is 10.7. The fourth-order valence-corrected chi connectivity index (χ4v) is 1.72. The number of hydrogen-bond acceptors (Lipinski definition) is 3. The van der Waals surface area contributed by atoms with E-state index >= 15 is 0 Å². The van der Waals surface area contributed by atoms with E-state index in [0.29, 0.717) is 6.42 Å². The molecule has 0 saturated carbocycles. The van der Waals surface area contributed by atoms with Gasteiger partial charge in [0.05, 0.1) is 18.1 Å². The van der Waals surface area contributed by atoms with Crippen LogP contribution in [0.4, 0.5) is 0 Å². The number of allylic oxidation sites excluding steroid dienone is 1. The standard InChI is InChI=1S/C12H22O4/c1-5-6-7(2)10(13)8(3)11(14)9(4)12(15)16/h5,7-11,13-14H,1,6H2,2-4H3,(H,15,16). The second-order valence-corrected chi connectivity index (χ2v) is 4.47. The number of aliphatic carboxylic acids is 1. The average Bonchev–Trinajstić information content (AvgIpc) is 2.25. The van der Waals surface area contributed by atoms with Gasteiger partial charge < -0.3 is 15.3 Å². The largest absolute Gasteiger partial charge is 0.481 e. The van der Waals surface area contributed by atoms with E-state index in [2.05, 4.69) is 6.58 Å². The Morgan fingerprint density at radius 3 is 2.12 bits per heavy atom. The van der Waals surface area contributed by atoms with E-state index in [4.69, 9.17) is 5.11 Å². The molecule has 0 fully saturated rings. The fourth-order valence-electron chi connectivity index (χ4n) is 1.72. The third kappa shape index (κ3) is 3.94. The van der Waals surface area contributed by atoms with Gasteiger partial charge in [0, 0.05) is 5.92 Å². The van der Waals surface area contributed by atoms with Gasteiger partial charge in [-0.25, -0.2) is 0 Å². The molecule has 0 aromatic rings. The summed E-state index contributed by atoms with van der Waals surface area (Å²) in [5, 5.41) is 28.5. The lowest BCUT2D eigenvalue weighted by Gasteiger charge is -2.29. The van der Waals surface area contributed by atoms with Crippen molar-refractivity contribution in [1.82, 2.24) is 0 Å². The van der Waals surface area contributed by atoms with E-state index in [9.17, 15) is 15.0 Å². The second-order valence-electron chi connectivity index (χ2n) is 4.47. The monoisotopic (exact) mass is 230 g/mol. The molecule has 0 amide bonds. The number of hydrogen-bond donors (Lipinski definition) is 3. The van der Waals surface area contributed by atoms with Crippen molar-refractivity contribution in [2.24, 2.45) is 17.8 Å². The minimum Gasteiger partial charge on any atom is -0.481 e. The third-order valence-corrected chi connectivity index (χ3v) is 3.10. The summed E-state index contributed by atoms with van der Waals surface area (Å²) >= 11 is 0. The number of aliphatic hydroxyl groups is 2. The lowest BCUT2D eigenvalue weighted by Crippen LogP contribution is -2.39. The molecule has 5 atom stereocenters. The molecule has 3 N–H and O–H groups in total. The van der Waals surface area contributed by atoms with E-state index in [1.807, 2.05) is 6.92 Å². The third-order valence-electron chi connectivity index (χ3n) is 3.10. The lowest BCUT2D eigenvalue weighted by atomic mass is 9.83. The normalized spacial score (nSPS) is 20.6. The lowest BCUT2D eigenvalue weighted by molar-refractivity contribution is -0.147. The molecule has 0 bridgehead atoms. The maximum Gasteiger partial charge on any atom is 0.308 e. The number of carboxylic acid groups (broad SMARTS) is 1. The highest BCUT2D eigenvalue weighted by Crippen LogP contribution is 2.23. The van der Waals surface area contributed by atoms with E-state index in [1.165, 1.54) is 6.92 Å². The van der Waals surface area contributed by atoms with Crippen LogP contribution in [0.1, 0.15) is 27.2 Å². The molecule has 4 heteroatoms. The summed E-state index contributed by atoms with van der Waals surface area (Å²) in [5.74, 6) is -2.44. The number of rotatable bonds is 7. The van der Waals surface area contributed by atoms with E-state index in [0.717, 1.165) is 0 Å². The molecule has 0 aliphatic rings. The molecule has 0 rings (SSSR count). The summed E-state index contributed by atoms with van der Waals surface area (Å²) in [6, 6.07) is 0. The van der Waals surface area contributed by atoms with Crippen molar-refractivity contribution in [2.45, 2.75) is 39.4 Å². The first-order valence-corrected chi connectivity index (χ1v) is 5.52. The first kappa shape index (κ1) is 15.1. The number of carbonyl (C=O) groups is 1. The summed E-state index contributed by atoms with van der Waals surface area (Å²) in [7, 11) is 0. The molecule has 5 unspecified atom stereocenters. The van der Waals surface area contributed by atoms with Gasteiger partial charge in [0.15, 0.2) is 0 Å². The summed E-state index contributed by atoms with van der Waals surface area (Å²) in [5.41, 5.74) is 0. The van der Waals surface area contributed by atoms with E-state index < -0.39 is 30.0 Å². The first-order chi connectivity index (χ1) is 7.32. The molecule has 0 aliphatic heterocycles. The van der Waals surface area contributed by atoms with Gasteiger partial charge in [-0.05, 0) is 19.3 Å². The van der Waals surface area contributed by atoms with Crippen LogP contribution in [-0.4, -0.2) is 33.5 Å². The highest BCUT2D eigenvalue weighted by Gasteiger charge is 2.32. The van der Waals surface area contributed by atoms with Crippen LogP contribution in [-0.2, 0) is 4.79 Å². The predicted molar refractivity (Wildman–Crippen MR) is 62.0 cm³/mol. The Labute approximate surface area is 96.6 Å². The zero-order chi connectivity index (χ0) is 12.9. The van der Waals surface area contributed by atoms with Gasteiger partial charge in [0.2, 0.25) is 0 Å². The molecule has 0 aliphatic carbocycles. The molecule has 0 aromatic carbocycles. The van der Waals surface area contributed by atoms with Crippen LogP contribution < -0.4 is 0 Å². The topological polar surface area (TPSA) is 77.8 Å². The van der Waals surface area contributed by atoms with Gasteiger partial charge in [-0.1, -0.05) is 19.9 Å². The number of carboxylic acids is 1. The molecule has 0 heterocycles. The van der Waals surface area contributed by atoms with Crippen LogP contribution in [0.25, 0.3) is 0 Å². The van der Waals surface area contributed by atoms with Gasteiger partial charge in [-0.3, -0.25) is 4.79 Å². The van der Waals surface area contributed by atoms with E-state index in [1.54, 1.807) is 13.0 Å². The van der Waals surface area contributed by atoms with Crippen LogP contribution in [0.2, 0.25) is 0 Å². The SMILES string of the molecule is C=CCC(C)C(O)C(C)C(O)C(C)C(=O)O. The van der Waals surface area contributed by atoms with Crippen molar-refractivity contribution in [1.29, 1.82) is 0 Å². The molecule has 16 heavy (non-hydrogen) atoms. The predicted octanol–water partition coefficient (Wildman–Crippen LogP) is 1.28. The van der Waals surface area contributed by atoms with E-state index in [-0.39, 0.29) is 5.92 Å². The Hall–Kier alpha value is -0.870. The highest BCUT2D eigenvalue weighted by molar-refractivity contribution is 5.70. The molecular weight excluding hydrogens is 208 g/mol. The minimum absolute atomic E-state index is 0.0388. The van der Waals surface area contributed by atoms with Crippen molar-refractivity contribution in [2.75, 3.05) is 0 Å². The Kier molecular flexibility index (Phi) is 6.29. The Balaban J connectivity index is 4.47. The minimum atomic E-state index is -1.05. The average molecular weight is 230 g/mol. The van der Waals surface area contributed by atoms with Crippen molar-refractivity contribution in [3.05, 3.63) is 12.7 Å². The summed E-state index contributed by atoms with van der Waals surface area (Å²) in [6.45, 7) is 8.53. The smallest absolute Gasteiger partial charge is 0.308 e. The Morgan fingerprint density at radius 1 is 1.25 bits per heavy atom. The Morgan fingerprint density at radius 2 is 1.75 bits per heavy atom. The van der Waals surface area contributed by atoms with Gasteiger partial charge in [0.25, 0.3) is 0 Å². The summed E-state index contributed by atoms with van der Waals surface area (Å²) in [6.07, 6.45) is 0.572. The maximum atomic E-state index is 10.7.